The van der Waals surface area contributed by atoms with Crippen molar-refractivity contribution in [1.82, 2.24) is 14.6 Å². The van der Waals surface area contributed by atoms with E-state index in [4.69, 9.17) is 18.9 Å². The number of amides is 2. The zero-order valence-electron chi connectivity index (χ0n) is 20.8. The number of benzene rings is 1. The van der Waals surface area contributed by atoms with E-state index in [0.717, 1.165) is 57.1 Å². The Hall–Kier alpha value is -3.23. The van der Waals surface area contributed by atoms with E-state index < -0.39 is 35.8 Å². The number of halogens is 2. The number of esters is 1. The summed E-state index contributed by atoms with van der Waals surface area (Å²) in [6, 6.07) is 0.500. The van der Waals surface area contributed by atoms with Gasteiger partial charge in [-0.1, -0.05) is 0 Å². The Morgan fingerprint density at radius 1 is 1.19 bits per heavy atom. The van der Waals surface area contributed by atoms with E-state index in [1.165, 1.54) is 14.2 Å². The van der Waals surface area contributed by atoms with Crippen LogP contribution in [0, 0.1) is 11.6 Å². The van der Waals surface area contributed by atoms with Crippen molar-refractivity contribution in [2.75, 3.05) is 52.8 Å². The molecule has 0 aliphatic carbocycles. The van der Waals surface area contributed by atoms with Gasteiger partial charge < -0.3 is 34.3 Å². The third kappa shape index (κ3) is 7.17. The SMILES string of the molecule is COC(=O)c1c(OCc2c(F)c(OC)cc(OC)c2F)nsc1NC(=O)NCCCCN1CC[C@@H](O)C1. The van der Waals surface area contributed by atoms with E-state index in [0.29, 0.717) is 13.1 Å². The van der Waals surface area contributed by atoms with Crippen molar-refractivity contribution in [3.8, 4) is 17.4 Å². The molecular weight excluding hydrogens is 514 g/mol. The average molecular weight is 545 g/mol. The average Bonchev–Trinajstić information content (AvgIpc) is 3.48. The largest absolute Gasteiger partial charge is 0.494 e. The number of unbranched alkanes of at least 4 members (excludes halogenated alkanes) is 1. The van der Waals surface area contributed by atoms with E-state index in [-0.39, 0.29) is 34.0 Å². The van der Waals surface area contributed by atoms with Gasteiger partial charge in [0.25, 0.3) is 0 Å². The minimum atomic E-state index is -0.991. The summed E-state index contributed by atoms with van der Waals surface area (Å²) in [6.07, 6.45) is 2.09. The van der Waals surface area contributed by atoms with E-state index >= 15 is 0 Å². The lowest BCUT2D eigenvalue weighted by Gasteiger charge is -2.14. The molecule has 0 saturated carbocycles. The number of likely N-dealkylation sites (tertiary alicyclic amines) is 1. The number of β-amino-alcohol motifs (C(OH)–C–C–N with tert-alkyl or cyclic N) is 1. The first kappa shape index (κ1) is 28.3. The number of aliphatic hydroxyl groups is 1. The lowest BCUT2D eigenvalue weighted by atomic mass is 10.1. The molecule has 2 aromatic rings. The van der Waals surface area contributed by atoms with Crippen molar-refractivity contribution in [3.05, 3.63) is 28.8 Å². The second-order valence-electron chi connectivity index (χ2n) is 8.19. The molecule has 1 aliphatic rings. The van der Waals surface area contributed by atoms with E-state index in [2.05, 4.69) is 19.9 Å². The van der Waals surface area contributed by atoms with Gasteiger partial charge in [0.05, 0.1) is 33.0 Å². The Morgan fingerprint density at radius 2 is 1.89 bits per heavy atom. The van der Waals surface area contributed by atoms with Crippen molar-refractivity contribution in [3.63, 3.8) is 0 Å². The number of anilines is 1. The Kier molecular flexibility index (Phi) is 10.2. The number of hydrogen-bond acceptors (Lipinski definition) is 10. The molecular formula is C23H30F2N4O7S. The maximum Gasteiger partial charge on any atom is 0.346 e. The highest BCUT2D eigenvalue weighted by Gasteiger charge is 2.27. The molecule has 204 valence electrons. The van der Waals surface area contributed by atoms with E-state index in [1.54, 1.807) is 0 Å². The molecule has 3 N–H and O–H groups in total. The van der Waals surface area contributed by atoms with E-state index in [9.17, 15) is 23.5 Å². The van der Waals surface area contributed by atoms with Gasteiger partial charge in [0.2, 0.25) is 5.88 Å². The van der Waals surface area contributed by atoms with Crippen molar-refractivity contribution in [2.45, 2.75) is 32.0 Å². The molecule has 0 unspecified atom stereocenters. The summed E-state index contributed by atoms with van der Waals surface area (Å²) < 4.78 is 53.3. The van der Waals surface area contributed by atoms with Gasteiger partial charge in [-0.25, -0.2) is 18.4 Å². The first-order valence-electron chi connectivity index (χ1n) is 11.5. The van der Waals surface area contributed by atoms with Gasteiger partial charge in [-0.05, 0) is 37.3 Å². The van der Waals surface area contributed by atoms with Crippen LogP contribution in [-0.4, -0.2) is 80.0 Å². The predicted molar refractivity (Wildman–Crippen MR) is 131 cm³/mol. The quantitative estimate of drug-likeness (QED) is 0.273. The maximum absolute atomic E-state index is 14.6. The van der Waals surface area contributed by atoms with Crippen LogP contribution in [0.2, 0.25) is 0 Å². The fourth-order valence-corrected chi connectivity index (χ4v) is 4.49. The van der Waals surface area contributed by atoms with Crippen LogP contribution >= 0.6 is 11.5 Å². The number of rotatable bonds is 12. The number of carbonyl (C=O) groups excluding carboxylic acids is 2. The van der Waals surface area contributed by atoms with Crippen LogP contribution in [-0.2, 0) is 11.3 Å². The first-order valence-corrected chi connectivity index (χ1v) is 12.3. The van der Waals surface area contributed by atoms with Gasteiger partial charge >= 0.3 is 12.0 Å². The summed E-state index contributed by atoms with van der Waals surface area (Å²) >= 11 is 0.753. The number of aliphatic hydroxyl groups excluding tert-OH is 1. The van der Waals surface area contributed by atoms with Crippen LogP contribution in [0.15, 0.2) is 6.07 Å². The molecule has 1 aliphatic heterocycles. The summed E-state index contributed by atoms with van der Waals surface area (Å²) in [5, 5.41) is 14.8. The third-order valence-electron chi connectivity index (χ3n) is 5.73. The van der Waals surface area contributed by atoms with Crippen LogP contribution in [0.4, 0.5) is 18.6 Å². The normalized spacial score (nSPS) is 15.4. The van der Waals surface area contributed by atoms with Gasteiger partial charge in [0.1, 0.15) is 11.6 Å². The summed E-state index contributed by atoms with van der Waals surface area (Å²) in [7, 11) is 3.58. The highest BCUT2D eigenvalue weighted by molar-refractivity contribution is 7.11. The van der Waals surface area contributed by atoms with Crippen molar-refractivity contribution in [2.24, 2.45) is 0 Å². The molecule has 1 atom stereocenters. The van der Waals surface area contributed by atoms with Crippen LogP contribution < -0.4 is 24.8 Å². The van der Waals surface area contributed by atoms with Gasteiger partial charge in [0.15, 0.2) is 28.7 Å². The second-order valence-corrected chi connectivity index (χ2v) is 8.96. The molecule has 37 heavy (non-hydrogen) atoms. The highest BCUT2D eigenvalue weighted by Crippen LogP contribution is 2.35. The molecule has 0 bridgehead atoms. The number of aromatic nitrogens is 1. The van der Waals surface area contributed by atoms with Crippen molar-refractivity contribution >= 4 is 28.5 Å². The molecule has 2 heterocycles. The van der Waals surface area contributed by atoms with Gasteiger partial charge in [-0.2, -0.15) is 4.37 Å². The molecule has 1 aromatic carbocycles. The number of carbonyl (C=O) groups is 2. The summed E-state index contributed by atoms with van der Waals surface area (Å²) in [5.41, 5.74) is -0.679. The number of methoxy groups -OCH3 is 3. The molecule has 14 heteroatoms. The Balaban J connectivity index is 1.61. The minimum Gasteiger partial charge on any atom is -0.494 e. The molecule has 1 aromatic heterocycles. The third-order valence-corrected chi connectivity index (χ3v) is 6.48. The lowest BCUT2D eigenvalue weighted by molar-refractivity contribution is 0.0596. The molecule has 3 rings (SSSR count). The fourth-order valence-electron chi connectivity index (χ4n) is 3.77. The highest BCUT2D eigenvalue weighted by atomic mass is 32.1. The fraction of sp³-hybridized carbons (Fsp3) is 0.522. The number of nitrogens with zero attached hydrogens (tertiary/aromatic N) is 2. The van der Waals surface area contributed by atoms with Gasteiger partial charge in [-0.15, -0.1) is 0 Å². The summed E-state index contributed by atoms with van der Waals surface area (Å²) in [4.78, 5) is 26.9. The number of hydrogen-bond donors (Lipinski definition) is 3. The number of ether oxygens (including phenoxy) is 4. The van der Waals surface area contributed by atoms with Gasteiger partial charge in [0, 0.05) is 25.7 Å². The Morgan fingerprint density at radius 3 is 2.49 bits per heavy atom. The molecule has 1 fully saturated rings. The molecule has 2 amide bonds. The maximum atomic E-state index is 14.6. The Labute approximate surface area is 216 Å². The smallest absolute Gasteiger partial charge is 0.346 e. The second kappa shape index (κ2) is 13.4. The Bertz CT molecular complexity index is 1070. The number of nitrogens with one attached hydrogen (secondary N) is 2. The number of urea groups is 1. The first-order chi connectivity index (χ1) is 17.8. The lowest BCUT2D eigenvalue weighted by Crippen LogP contribution is -2.30. The van der Waals surface area contributed by atoms with Crippen molar-refractivity contribution in [1.29, 1.82) is 0 Å². The summed E-state index contributed by atoms with van der Waals surface area (Å²) in [5.74, 6) is -3.60. The van der Waals surface area contributed by atoms with Crippen LogP contribution in [0.1, 0.15) is 35.2 Å². The van der Waals surface area contributed by atoms with Crippen LogP contribution in [0.3, 0.4) is 0 Å². The van der Waals surface area contributed by atoms with E-state index in [1.807, 2.05) is 0 Å². The zero-order chi connectivity index (χ0) is 26.9. The predicted octanol–water partition coefficient (Wildman–Crippen LogP) is 2.77. The monoisotopic (exact) mass is 544 g/mol. The summed E-state index contributed by atoms with van der Waals surface area (Å²) in [6.45, 7) is 2.13. The minimum absolute atomic E-state index is 0.0505. The molecule has 11 nitrogen and oxygen atoms in total. The van der Waals surface area contributed by atoms with Crippen molar-refractivity contribution < 1.29 is 42.4 Å². The standard InChI is InChI=1S/C23H30F2N4O7S/c1-33-15-10-16(34-2)19(25)14(18(15)24)12-36-20-17(22(31)35-3)21(37-28-20)27-23(32)26-7-4-5-8-29-9-6-13(30)11-29/h10,13,30H,4-9,11-12H2,1-3H3,(H2,26,27,32)/t13-/m1/s1. The van der Waals surface area contributed by atoms with Crippen LogP contribution in [0.25, 0.3) is 0 Å². The zero-order valence-corrected chi connectivity index (χ0v) is 21.6. The molecule has 1 saturated heterocycles. The van der Waals surface area contributed by atoms with Gasteiger partial charge in [-0.3, -0.25) is 5.32 Å². The topological polar surface area (TPSA) is 131 Å². The van der Waals surface area contributed by atoms with Crippen LogP contribution in [0.5, 0.6) is 17.4 Å². The molecule has 0 spiro atoms. The molecule has 0 radical (unpaired) electrons.